The summed E-state index contributed by atoms with van der Waals surface area (Å²) in [7, 11) is 0. The number of halogens is 1. The second-order valence-corrected chi connectivity index (χ2v) is 6.58. The van der Waals surface area contributed by atoms with Crippen LogP contribution in [0.4, 0.5) is 0 Å². The van der Waals surface area contributed by atoms with E-state index in [2.05, 4.69) is 21.2 Å². The topological polar surface area (TPSA) is 59.3 Å². The van der Waals surface area contributed by atoms with Crippen LogP contribution in [0.2, 0.25) is 0 Å². The van der Waals surface area contributed by atoms with Crippen LogP contribution in [0, 0.1) is 13.8 Å². The van der Waals surface area contributed by atoms with E-state index in [1.54, 1.807) is 12.1 Å². The van der Waals surface area contributed by atoms with Crippen molar-refractivity contribution < 1.29 is 9.21 Å². The molecule has 122 valence electrons. The van der Waals surface area contributed by atoms with Crippen molar-refractivity contribution >= 4 is 32.8 Å². The molecule has 1 heterocycles. The largest absolute Gasteiger partial charge is 0.422 e. The zero-order valence-corrected chi connectivity index (χ0v) is 14.9. The molecule has 0 bridgehead atoms. The zero-order valence-electron chi connectivity index (χ0n) is 13.4. The fraction of sp³-hybridized carbons (Fsp3) is 0.158. The molecule has 3 rings (SSSR count). The van der Waals surface area contributed by atoms with Gasteiger partial charge in [-0.25, -0.2) is 4.79 Å². The molecule has 0 radical (unpaired) electrons. The molecule has 5 heteroatoms. The highest BCUT2D eigenvalue weighted by atomic mass is 79.9. The van der Waals surface area contributed by atoms with Gasteiger partial charge in [0.2, 0.25) is 0 Å². The number of carbonyl (C=O) groups excluding carboxylic acids is 1. The van der Waals surface area contributed by atoms with Crippen LogP contribution in [0.3, 0.4) is 0 Å². The summed E-state index contributed by atoms with van der Waals surface area (Å²) in [4.78, 5) is 24.1. The lowest BCUT2D eigenvalue weighted by Crippen LogP contribution is -2.23. The number of nitrogens with one attached hydrogen (secondary N) is 1. The predicted octanol–water partition coefficient (Wildman–Crippen LogP) is 4.10. The van der Waals surface area contributed by atoms with E-state index in [1.807, 2.05) is 38.1 Å². The van der Waals surface area contributed by atoms with E-state index in [0.29, 0.717) is 11.1 Å². The van der Waals surface area contributed by atoms with E-state index in [-0.39, 0.29) is 12.5 Å². The fourth-order valence-electron chi connectivity index (χ4n) is 2.55. The number of rotatable bonds is 3. The quantitative estimate of drug-likeness (QED) is 0.690. The van der Waals surface area contributed by atoms with Crippen molar-refractivity contribution in [3.8, 4) is 0 Å². The molecule has 1 N–H and O–H groups in total. The summed E-state index contributed by atoms with van der Waals surface area (Å²) < 4.78 is 6.26. The van der Waals surface area contributed by atoms with Crippen molar-refractivity contribution in [3.63, 3.8) is 0 Å². The van der Waals surface area contributed by atoms with Crippen molar-refractivity contribution in [3.05, 3.63) is 79.6 Å². The molecule has 0 aliphatic rings. The summed E-state index contributed by atoms with van der Waals surface area (Å²) in [6.45, 7) is 4.15. The third kappa shape index (κ3) is 3.26. The Bertz CT molecular complexity index is 974. The first-order chi connectivity index (χ1) is 11.5. The molecule has 0 aliphatic heterocycles. The molecule has 0 fully saturated rings. The van der Waals surface area contributed by atoms with Crippen molar-refractivity contribution in [1.82, 2.24) is 5.32 Å². The molecule has 3 aromatic rings. The van der Waals surface area contributed by atoms with Gasteiger partial charge in [-0.15, -0.1) is 0 Å². The van der Waals surface area contributed by atoms with Gasteiger partial charge in [0.15, 0.2) is 0 Å². The number of hydrogen-bond acceptors (Lipinski definition) is 3. The molecule has 0 saturated heterocycles. The minimum absolute atomic E-state index is 0.187. The Morgan fingerprint density at radius 1 is 1.12 bits per heavy atom. The Balaban J connectivity index is 1.90. The Labute approximate surface area is 147 Å². The molecular weight excluding hydrogens is 370 g/mol. The second kappa shape index (κ2) is 6.61. The highest BCUT2D eigenvalue weighted by Gasteiger charge is 2.11. The highest BCUT2D eigenvalue weighted by molar-refractivity contribution is 9.10. The second-order valence-electron chi connectivity index (χ2n) is 5.66. The standard InChI is InChI=1S/C19H16BrNO3/c1-11-3-8-16-14(9-17(22)24-18(16)12(11)2)10-21-19(23)13-4-6-15(20)7-5-13/h3-9H,10H2,1-2H3,(H,21,23). The number of aryl methyl sites for hydroxylation is 2. The minimum Gasteiger partial charge on any atom is -0.422 e. The number of benzene rings is 2. The van der Waals surface area contributed by atoms with Gasteiger partial charge in [0.05, 0.1) is 0 Å². The molecular formula is C19H16BrNO3. The molecule has 0 spiro atoms. The fourth-order valence-corrected chi connectivity index (χ4v) is 2.81. The van der Waals surface area contributed by atoms with Gasteiger partial charge in [0.1, 0.15) is 5.58 Å². The Kier molecular flexibility index (Phi) is 4.53. The summed E-state index contributed by atoms with van der Waals surface area (Å²) in [6, 6.07) is 12.4. The van der Waals surface area contributed by atoms with Crippen LogP contribution in [0.15, 0.2) is 56.1 Å². The summed E-state index contributed by atoms with van der Waals surface area (Å²) in [6.07, 6.45) is 0. The number of fused-ring (bicyclic) bond motifs is 1. The van der Waals surface area contributed by atoms with Crippen LogP contribution in [0.5, 0.6) is 0 Å². The van der Waals surface area contributed by atoms with Crippen LogP contribution in [-0.2, 0) is 6.54 Å². The summed E-state index contributed by atoms with van der Waals surface area (Å²) in [5.74, 6) is -0.187. The van der Waals surface area contributed by atoms with E-state index < -0.39 is 5.63 Å². The van der Waals surface area contributed by atoms with Gasteiger partial charge < -0.3 is 9.73 Å². The number of hydrogen-bond donors (Lipinski definition) is 1. The van der Waals surface area contributed by atoms with Gasteiger partial charge in [0.25, 0.3) is 5.91 Å². The highest BCUT2D eigenvalue weighted by Crippen LogP contribution is 2.23. The smallest absolute Gasteiger partial charge is 0.336 e. The lowest BCUT2D eigenvalue weighted by atomic mass is 10.0. The maximum Gasteiger partial charge on any atom is 0.336 e. The molecule has 0 atom stereocenters. The Hall–Kier alpha value is -2.40. The van der Waals surface area contributed by atoms with Gasteiger partial charge in [-0.1, -0.05) is 28.1 Å². The van der Waals surface area contributed by atoms with Gasteiger partial charge >= 0.3 is 5.63 Å². The SMILES string of the molecule is Cc1ccc2c(CNC(=O)c3ccc(Br)cc3)cc(=O)oc2c1C. The molecule has 0 unspecified atom stereocenters. The first-order valence-corrected chi connectivity index (χ1v) is 8.31. The molecule has 0 aliphatic carbocycles. The summed E-state index contributed by atoms with van der Waals surface area (Å²) >= 11 is 3.34. The van der Waals surface area contributed by atoms with E-state index in [1.165, 1.54) is 6.07 Å². The van der Waals surface area contributed by atoms with Crippen molar-refractivity contribution in [2.24, 2.45) is 0 Å². The first-order valence-electron chi connectivity index (χ1n) is 7.52. The van der Waals surface area contributed by atoms with Gasteiger partial charge in [-0.3, -0.25) is 4.79 Å². The predicted molar refractivity (Wildman–Crippen MR) is 97.3 cm³/mol. The van der Waals surface area contributed by atoms with E-state index in [0.717, 1.165) is 26.5 Å². The Morgan fingerprint density at radius 2 is 1.83 bits per heavy atom. The monoisotopic (exact) mass is 385 g/mol. The third-order valence-electron chi connectivity index (χ3n) is 4.06. The van der Waals surface area contributed by atoms with Crippen LogP contribution in [-0.4, -0.2) is 5.91 Å². The molecule has 1 amide bonds. The summed E-state index contributed by atoms with van der Waals surface area (Å²) in [5.41, 5.74) is 3.47. The van der Waals surface area contributed by atoms with Crippen molar-refractivity contribution in [2.75, 3.05) is 0 Å². The zero-order chi connectivity index (χ0) is 17.3. The Morgan fingerprint density at radius 3 is 2.54 bits per heavy atom. The minimum atomic E-state index is -0.413. The number of amides is 1. The number of carbonyl (C=O) groups is 1. The van der Waals surface area contributed by atoms with Gasteiger partial charge in [-0.2, -0.15) is 0 Å². The maximum atomic E-state index is 12.2. The first kappa shape index (κ1) is 16.5. The molecule has 2 aromatic carbocycles. The molecule has 4 nitrogen and oxygen atoms in total. The van der Waals surface area contributed by atoms with Crippen LogP contribution < -0.4 is 10.9 Å². The maximum absolute atomic E-state index is 12.2. The van der Waals surface area contributed by atoms with E-state index in [4.69, 9.17) is 4.42 Å². The third-order valence-corrected chi connectivity index (χ3v) is 4.59. The average Bonchev–Trinajstić information content (AvgIpc) is 2.56. The molecule has 1 aromatic heterocycles. The average molecular weight is 386 g/mol. The molecule has 24 heavy (non-hydrogen) atoms. The normalized spacial score (nSPS) is 10.8. The van der Waals surface area contributed by atoms with E-state index >= 15 is 0 Å². The van der Waals surface area contributed by atoms with Gasteiger partial charge in [-0.05, 0) is 54.8 Å². The van der Waals surface area contributed by atoms with Crippen molar-refractivity contribution in [2.45, 2.75) is 20.4 Å². The molecule has 0 saturated carbocycles. The van der Waals surface area contributed by atoms with Crippen LogP contribution >= 0.6 is 15.9 Å². The lowest BCUT2D eigenvalue weighted by molar-refractivity contribution is 0.0951. The van der Waals surface area contributed by atoms with Gasteiger partial charge in [0, 0.05) is 28.0 Å². The van der Waals surface area contributed by atoms with E-state index in [9.17, 15) is 9.59 Å². The van der Waals surface area contributed by atoms with Crippen LogP contribution in [0.25, 0.3) is 11.0 Å². The van der Waals surface area contributed by atoms with Crippen molar-refractivity contribution in [1.29, 1.82) is 0 Å². The lowest BCUT2D eigenvalue weighted by Gasteiger charge is -2.10. The van der Waals surface area contributed by atoms with Crippen LogP contribution in [0.1, 0.15) is 27.0 Å². The summed E-state index contributed by atoms with van der Waals surface area (Å²) in [5, 5.41) is 3.69.